The second-order valence-electron chi connectivity index (χ2n) is 6.40. The molecule has 2 aliphatic rings. The summed E-state index contributed by atoms with van der Waals surface area (Å²) in [6, 6.07) is 0. The minimum atomic E-state index is -0.403. The Morgan fingerprint density at radius 3 is 2.57 bits per heavy atom. The molecule has 1 aromatic rings. The zero-order chi connectivity index (χ0) is 15.0. The van der Waals surface area contributed by atoms with E-state index in [1.807, 2.05) is 18.1 Å². The zero-order valence-corrected chi connectivity index (χ0v) is 12.4. The SMILES string of the molecule is Cn1cc(CCC(=O)N2CCC3(CC2)[C@H](O)C[C@@H]3O)cn1. The maximum absolute atomic E-state index is 12.2. The van der Waals surface area contributed by atoms with E-state index in [0.29, 0.717) is 45.2 Å². The lowest BCUT2D eigenvalue weighted by atomic mass is 9.58. The van der Waals surface area contributed by atoms with Crippen LogP contribution in [0.2, 0.25) is 0 Å². The number of aromatic nitrogens is 2. The summed E-state index contributed by atoms with van der Waals surface area (Å²) in [7, 11) is 1.87. The van der Waals surface area contributed by atoms with Crippen molar-refractivity contribution >= 4 is 5.91 Å². The Morgan fingerprint density at radius 2 is 2.05 bits per heavy atom. The van der Waals surface area contributed by atoms with Crippen LogP contribution in [-0.2, 0) is 18.3 Å². The average Bonchev–Trinajstić information content (AvgIpc) is 2.91. The van der Waals surface area contributed by atoms with E-state index in [-0.39, 0.29) is 11.3 Å². The molecule has 0 unspecified atom stereocenters. The maximum atomic E-state index is 12.2. The molecule has 1 aliphatic carbocycles. The smallest absolute Gasteiger partial charge is 0.222 e. The van der Waals surface area contributed by atoms with Gasteiger partial charge in [0.25, 0.3) is 0 Å². The summed E-state index contributed by atoms with van der Waals surface area (Å²) in [5.41, 5.74) is 0.726. The number of hydrogen-bond acceptors (Lipinski definition) is 4. The van der Waals surface area contributed by atoms with Crippen LogP contribution >= 0.6 is 0 Å². The van der Waals surface area contributed by atoms with Crippen LogP contribution in [0.4, 0.5) is 0 Å². The topological polar surface area (TPSA) is 78.6 Å². The number of piperidine rings is 1. The molecule has 0 radical (unpaired) electrons. The monoisotopic (exact) mass is 293 g/mol. The summed E-state index contributed by atoms with van der Waals surface area (Å²) in [5, 5.41) is 23.9. The number of aryl methyl sites for hydroxylation is 2. The normalized spacial score (nSPS) is 27.7. The molecule has 6 nitrogen and oxygen atoms in total. The summed E-state index contributed by atoms with van der Waals surface area (Å²) in [6.07, 6.45) is 6.00. The number of rotatable bonds is 3. The molecule has 0 aromatic carbocycles. The van der Waals surface area contributed by atoms with Gasteiger partial charge in [0.05, 0.1) is 18.4 Å². The number of aliphatic hydroxyl groups is 2. The molecule has 0 bridgehead atoms. The van der Waals surface area contributed by atoms with Gasteiger partial charge in [0.2, 0.25) is 5.91 Å². The number of aliphatic hydroxyl groups excluding tert-OH is 2. The molecule has 2 fully saturated rings. The largest absolute Gasteiger partial charge is 0.392 e. The van der Waals surface area contributed by atoms with Gasteiger partial charge in [-0.1, -0.05) is 0 Å². The lowest BCUT2D eigenvalue weighted by Gasteiger charge is -2.55. The van der Waals surface area contributed by atoms with Crippen molar-refractivity contribution in [1.82, 2.24) is 14.7 Å². The summed E-state index contributed by atoms with van der Waals surface area (Å²) in [6.45, 7) is 1.28. The van der Waals surface area contributed by atoms with Crippen molar-refractivity contribution in [2.75, 3.05) is 13.1 Å². The third-order valence-corrected chi connectivity index (χ3v) is 5.21. The fourth-order valence-corrected chi connectivity index (χ4v) is 3.59. The Labute approximate surface area is 124 Å². The standard InChI is InChI=1S/C15H23N3O3/c1-17-10-11(9-16-17)2-3-14(21)18-6-4-15(5-7-18)12(19)8-13(15)20/h9-10,12-13,19-20H,2-8H2,1H3/t12-,13+. The van der Waals surface area contributed by atoms with Gasteiger partial charge in [0.15, 0.2) is 0 Å². The Bertz CT molecular complexity index is 510. The van der Waals surface area contributed by atoms with E-state index in [9.17, 15) is 15.0 Å². The van der Waals surface area contributed by atoms with Gasteiger partial charge in [0.1, 0.15) is 0 Å². The minimum Gasteiger partial charge on any atom is -0.392 e. The first-order valence-corrected chi connectivity index (χ1v) is 7.63. The van der Waals surface area contributed by atoms with Gasteiger partial charge >= 0.3 is 0 Å². The molecule has 116 valence electrons. The highest BCUT2D eigenvalue weighted by molar-refractivity contribution is 5.76. The van der Waals surface area contributed by atoms with Crippen LogP contribution in [0.15, 0.2) is 12.4 Å². The van der Waals surface area contributed by atoms with E-state index in [1.54, 1.807) is 10.9 Å². The molecule has 1 spiro atoms. The van der Waals surface area contributed by atoms with Crippen LogP contribution in [0.3, 0.4) is 0 Å². The van der Waals surface area contributed by atoms with E-state index in [0.717, 1.165) is 5.56 Å². The molecular formula is C15H23N3O3. The third kappa shape index (κ3) is 2.58. The molecule has 21 heavy (non-hydrogen) atoms. The highest BCUT2D eigenvalue weighted by atomic mass is 16.3. The summed E-state index contributed by atoms with van der Waals surface area (Å²) in [5.74, 6) is 0.150. The van der Waals surface area contributed by atoms with Gasteiger partial charge < -0.3 is 15.1 Å². The number of hydrogen-bond donors (Lipinski definition) is 2. The Hall–Kier alpha value is -1.40. The third-order valence-electron chi connectivity index (χ3n) is 5.21. The molecule has 2 atom stereocenters. The number of carbonyl (C=O) groups excluding carboxylic acids is 1. The summed E-state index contributed by atoms with van der Waals surface area (Å²) >= 11 is 0. The Morgan fingerprint density at radius 1 is 1.38 bits per heavy atom. The van der Waals surface area contributed by atoms with E-state index >= 15 is 0 Å². The molecule has 1 aliphatic heterocycles. The second-order valence-corrected chi connectivity index (χ2v) is 6.40. The van der Waals surface area contributed by atoms with Crippen LogP contribution in [0.1, 0.15) is 31.2 Å². The van der Waals surface area contributed by atoms with Crippen molar-refractivity contribution in [2.45, 2.75) is 44.3 Å². The maximum Gasteiger partial charge on any atom is 0.222 e. The van der Waals surface area contributed by atoms with Crippen LogP contribution in [0.5, 0.6) is 0 Å². The van der Waals surface area contributed by atoms with Crippen molar-refractivity contribution in [3.8, 4) is 0 Å². The predicted octanol–water partition coefficient (Wildman–Crippen LogP) is 0.0870. The van der Waals surface area contributed by atoms with Crippen molar-refractivity contribution < 1.29 is 15.0 Å². The van der Waals surface area contributed by atoms with E-state index in [1.165, 1.54) is 0 Å². The first-order valence-electron chi connectivity index (χ1n) is 7.63. The average molecular weight is 293 g/mol. The van der Waals surface area contributed by atoms with Crippen LogP contribution in [0, 0.1) is 5.41 Å². The van der Waals surface area contributed by atoms with Gasteiger partial charge in [-0.25, -0.2) is 0 Å². The van der Waals surface area contributed by atoms with Crippen molar-refractivity contribution in [3.05, 3.63) is 18.0 Å². The number of likely N-dealkylation sites (tertiary alicyclic amines) is 1. The molecule has 1 saturated heterocycles. The fourth-order valence-electron chi connectivity index (χ4n) is 3.59. The summed E-state index contributed by atoms with van der Waals surface area (Å²) in [4.78, 5) is 14.1. The second kappa shape index (κ2) is 5.42. The van der Waals surface area contributed by atoms with Crippen LogP contribution < -0.4 is 0 Å². The van der Waals surface area contributed by atoms with Crippen molar-refractivity contribution in [1.29, 1.82) is 0 Å². The number of nitrogens with zero attached hydrogens (tertiary/aromatic N) is 3. The molecule has 2 N–H and O–H groups in total. The lowest BCUT2D eigenvalue weighted by molar-refractivity contribution is -0.191. The van der Waals surface area contributed by atoms with Gasteiger partial charge in [-0.3, -0.25) is 9.48 Å². The van der Waals surface area contributed by atoms with Crippen molar-refractivity contribution in [3.63, 3.8) is 0 Å². The quantitative estimate of drug-likeness (QED) is 0.828. The van der Waals surface area contributed by atoms with Gasteiger partial charge in [-0.2, -0.15) is 5.10 Å². The Balaban J connectivity index is 1.49. The van der Waals surface area contributed by atoms with Crippen LogP contribution in [0.25, 0.3) is 0 Å². The first kappa shape index (κ1) is 14.5. The molecule has 3 rings (SSSR count). The van der Waals surface area contributed by atoms with Crippen LogP contribution in [-0.4, -0.2) is 56.1 Å². The molecular weight excluding hydrogens is 270 g/mol. The van der Waals surface area contributed by atoms with E-state index in [2.05, 4.69) is 5.10 Å². The minimum absolute atomic E-state index is 0.150. The molecule has 1 amide bonds. The van der Waals surface area contributed by atoms with E-state index in [4.69, 9.17) is 0 Å². The fraction of sp³-hybridized carbons (Fsp3) is 0.733. The first-order chi connectivity index (χ1) is 10.0. The van der Waals surface area contributed by atoms with Crippen molar-refractivity contribution in [2.24, 2.45) is 12.5 Å². The number of amides is 1. The van der Waals surface area contributed by atoms with Gasteiger partial charge in [0, 0.05) is 44.6 Å². The molecule has 1 aromatic heterocycles. The summed E-state index contributed by atoms with van der Waals surface area (Å²) < 4.78 is 1.74. The lowest BCUT2D eigenvalue weighted by Crippen LogP contribution is -2.61. The Kier molecular flexibility index (Phi) is 3.75. The molecule has 1 saturated carbocycles. The highest BCUT2D eigenvalue weighted by Crippen LogP contribution is 2.49. The van der Waals surface area contributed by atoms with Gasteiger partial charge in [-0.15, -0.1) is 0 Å². The predicted molar refractivity (Wildman–Crippen MR) is 76.4 cm³/mol. The zero-order valence-electron chi connectivity index (χ0n) is 12.4. The molecule has 6 heteroatoms. The van der Waals surface area contributed by atoms with Gasteiger partial charge in [-0.05, 0) is 24.8 Å². The molecule has 2 heterocycles. The number of carbonyl (C=O) groups is 1. The highest BCUT2D eigenvalue weighted by Gasteiger charge is 2.55. The van der Waals surface area contributed by atoms with E-state index < -0.39 is 12.2 Å².